The molecule has 2 aliphatic rings. The number of aromatic nitrogens is 8. The molecule has 1 aliphatic carbocycles. The lowest BCUT2D eigenvalue weighted by Gasteiger charge is -2.38. The first-order chi connectivity index (χ1) is 24.7. The Kier molecular flexibility index (Phi) is 11.4. The Balaban J connectivity index is 1.15. The van der Waals surface area contributed by atoms with Gasteiger partial charge in [0.2, 0.25) is 5.95 Å². The maximum atomic E-state index is 11.6. The number of hydrogen-bond donors (Lipinski definition) is 1. The molecule has 51 heavy (non-hydrogen) atoms. The fourth-order valence-electron chi connectivity index (χ4n) is 6.55. The number of benzene rings is 1. The number of esters is 1. The Labute approximate surface area is 297 Å². The third-order valence-electron chi connectivity index (χ3n) is 9.16. The topological polar surface area (TPSA) is 180 Å². The van der Waals surface area contributed by atoms with E-state index in [0.717, 1.165) is 63.1 Å². The maximum absolute atomic E-state index is 11.6. The van der Waals surface area contributed by atoms with Gasteiger partial charge in [-0.3, -0.25) is 14.4 Å². The van der Waals surface area contributed by atoms with Crippen LogP contribution >= 0.6 is 0 Å². The standard InChI is InChI=1S/C35H45N11O5/c1-24(21-45-23-39-42-43-45)50-32-17-26(5-6-27(32)18-36)28-19-37-34(38-20-28)40-31-22-46(41-33(31)49-14-11-35(3,4)51-25(2)47)30-9-7-29(8-10-30)44-12-15-48-16-13-44/h5-6,17,19-20,22-24,29-30H,7-16,21H2,1-4H3,(H,37,38,40)/t24-,29-,30-/m0/s1. The van der Waals surface area contributed by atoms with Crippen LogP contribution in [-0.2, 0) is 20.8 Å². The van der Waals surface area contributed by atoms with Crippen molar-refractivity contribution < 1.29 is 23.7 Å². The van der Waals surface area contributed by atoms with Crippen molar-refractivity contribution in [2.24, 2.45) is 0 Å². The molecule has 1 saturated heterocycles. The molecule has 16 nitrogen and oxygen atoms in total. The zero-order valence-electron chi connectivity index (χ0n) is 29.6. The number of hydrogen-bond acceptors (Lipinski definition) is 14. The predicted molar refractivity (Wildman–Crippen MR) is 185 cm³/mol. The van der Waals surface area contributed by atoms with E-state index < -0.39 is 5.60 Å². The van der Waals surface area contributed by atoms with E-state index in [1.807, 2.05) is 43.8 Å². The molecule has 3 aromatic heterocycles. The number of morpholine rings is 1. The van der Waals surface area contributed by atoms with Crippen LogP contribution in [0.2, 0.25) is 0 Å². The molecule has 0 spiro atoms. The predicted octanol–water partition coefficient (Wildman–Crippen LogP) is 4.34. The molecule has 0 amide bonds. The van der Waals surface area contributed by atoms with Gasteiger partial charge in [0, 0.05) is 50.4 Å². The smallest absolute Gasteiger partial charge is 0.303 e. The van der Waals surface area contributed by atoms with Gasteiger partial charge < -0.3 is 24.3 Å². The van der Waals surface area contributed by atoms with E-state index in [-0.39, 0.29) is 18.1 Å². The Morgan fingerprint density at radius 2 is 1.86 bits per heavy atom. The van der Waals surface area contributed by atoms with Crippen LogP contribution in [-0.4, -0.2) is 101 Å². The minimum absolute atomic E-state index is 0.240. The van der Waals surface area contributed by atoms with E-state index in [9.17, 15) is 10.1 Å². The Morgan fingerprint density at radius 3 is 2.55 bits per heavy atom. The highest BCUT2D eigenvalue weighted by atomic mass is 16.6. The first kappa shape index (κ1) is 35.7. The number of carbonyl (C=O) groups excluding carboxylic acids is 1. The van der Waals surface area contributed by atoms with E-state index in [0.29, 0.717) is 54.4 Å². The van der Waals surface area contributed by atoms with Gasteiger partial charge in [-0.05, 0) is 74.6 Å². The highest BCUT2D eigenvalue weighted by molar-refractivity contribution is 5.67. The second-order valence-electron chi connectivity index (χ2n) is 13.6. The molecule has 1 N–H and O–H groups in total. The molecule has 0 radical (unpaired) electrons. The summed E-state index contributed by atoms with van der Waals surface area (Å²) in [6, 6.07) is 8.37. The lowest BCUT2D eigenvalue weighted by atomic mass is 9.90. The fourth-order valence-corrected chi connectivity index (χ4v) is 6.55. The van der Waals surface area contributed by atoms with Crippen LogP contribution in [0.25, 0.3) is 11.1 Å². The summed E-state index contributed by atoms with van der Waals surface area (Å²) in [6.07, 6.45) is 11.3. The van der Waals surface area contributed by atoms with Crippen molar-refractivity contribution in [1.29, 1.82) is 5.26 Å². The van der Waals surface area contributed by atoms with E-state index >= 15 is 0 Å². The molecule has 1 saturated carbocycles. The second-order valence-corrected chi connectivity index (χ2v) is 13.6. The van der Waals surface area contributed by atoms with Crippen molar-refractivity contribution in [1.82, 2.24) is 44.9 Å². The highest BCUT2D eigenvalue weighted by Gasteiger charge is 2.29. The number of tetrazole rings is 1. The van der Waals surface area contributed by atoms with Gasteiger partial charge in [-0.15, -0.1) is 10.2 Å². The van der Waals surface area contributed by atoms with Crippen LogP contribution in [0.15, 0.2) is 43.1 Å². The van der Waals surface area contributed by atoms with Gasteiger partial charge in [-0.25, -0.2) is 14.6 Å². The van der Waals surface area contributed by atoms with E-state index in [2.05, 4.69) is 41.8 Å². The number of rotatable bonds is 14. The van der Waals surface area contributed by atoms with Gasteiger partial charge in [0.25, 0.3) is 5.88 Å². The Morgan fingerprint density at radius 1 is 1.12 bits per heavy atom. The normalized spacial score (nSPS) is 18.8. The van der Waals surface area contributed by atoms with Gasteiger partial charge >= 0.3 is 5.97 Å². The first-order valence-corrected chi connectivity index (χ1v) is 17.4. The molecule has 1 aliphatic heterocycles. The van der Waals surface area contributed by atoms with Crippen LogP contribution in [0, 0.1) is 11.3 Å². The van der Waals surface area contributed by atoms with Gasteiger partial charge in [0.05, 0.1) is 44.2 Å². The third kappa shape index (κ3) is 9.56. The Bertz CT molecular complexity index is 1770. The zero-order valence-corrected chi connectivity index (χ0v) is 29.6. The number of carbonyl (C=O) groups is 1. The summed E-state index contributed by atoms with van der Waals surface area (Å²) in [4.78, 5) is 23.3. The van der Waals surface area contributed by atoms with Crippen molar-refractivity contribution >= 4 is 17.6 Å². The molecule has 16 heteroatoms. The number of ether oxygens (including phenoxy) is 4. The summed E-state index contributed by atoms with van der Waals surface area (Å²) < 4.78 is 26.9. The number of nitriles is 1. The molecular formula is C35H45N11O5. The number of nitrogens with one attached hydrogen (secondary N) is 1. The van der Waals surface area contributed by atoms with Crippen LogP contribution < -0.4 is 14.8 Å². The largest absolute Gasteiger partial charge is 0.487 e. The first-order valence-electron chi connectivity index (χ1n) is 17.4. The minimum atomic E-state index is -0.679. The molecule has 6 rings (SSSR count). The summed E-state index contributed by atoms with van der Waals surface area (Å²) in [7, 11) is 0. The minimum Gasteiger partial charge on any atom is -0.487 e. The van der Waals surface area contributed by atoms with E-state index in [1.165, 1.54) is 13.3 Å². The van der Waals surface area contributed by atoms with Crippen molar-refractivity contribution in [3.05, 3.63) is 48.7 Å². The monoisotopic (exact) mass is 699 g/mol. The SMILES string of the molecule is CC(=O)OC(C)(C)CCOc1nn([C@H]2CC[C@H](N3CCOCC3)CC2)cc1Nc1ncc(-c2ccc(C#N)c(O[C@@H](C)Cn3cnnn3)c2)cn1. The van der Waals surface area contributed by atoms with E-state index in [1.54, 1.807) is 23.1 Å². The van der Waals surface area contributed by atoms with Crippen LogP contribution in [0.3, 0.4) is 0 Å². The average molecular weight is 700 g/mol. The van der Waals surface area contributed by atoms with Crippen molar-refractivity contribution in [3.63, 3.8) is 0 Å². The molecule has 4 heterocycles. The van der Waals surface area contributed by atoms with Crippen molar-refractivity contribution in [2.75, 3.05) is 38.2 Å². The van der Waals surface area contributed by atoms with Gasteiger partial charge in [0.15, 0.2) is 0 Å². The lowest BCUT2D eigenvalue weighted by Crippen LogP contribution is -2.45. The zero-order chi connectivity index (χ0) is 35.8. The van der Waals surface area contributed by atoms with Crippen LogP contribution in [0.4, 0.5) is 11.6 Å². The van der Waals surface area contributed by atoms with Gasteiger partial charge in [-0.2, -0.15) is 5.26 Å². The van der Waals surface area contributed by atoms with Gasteiger partial charge in [-0.1, -0.05) is 6.07 Å². The summed E-state index contributed by atoms with van der Waals surface area (Å²) in [5, 5.41) is 29.0. The summed E-state index contributed by atoms with van der Waals surface area (Å²) >= 11 is 0. The van der Waals surface area contributed by atoms with Gasteiger partial charge in [0.1, 0.15) is 35.5 Å². The number of anilines is 2. The molecule has 1 aromatic carbocycles. The summed E-state index contributed by atoms with van der Waals surface area (Å²) in [5.41, 5.74) is 1.93. The van der Waals surface area contributed by atoms with E-state index in [4.69, 9.17) is 24.0 Å². The fraction of sp³-hybridized carbons (Fsp3) is 0.543. The average Bonchev–Trinajstić information content (AvgIpc) is 3.78. The van der Waals surface area contributed by atoms with Crippen LogP contribution in [0.5, 0.6) is 11.6 Å². The van der Waals surface area contributed by atoms with Crippen molar-refractivity contribution in [2.45, 2.75) is 90.1 Å². The highest BCUT2D eigenvalue weighted by Crippen LogP contribution is 2.35. The Hall–Kier alpha value is -5.14. The lowest BCUT2D eigenvalue weighted by molar-refractivity contribution is -0.154. The molecule has 0 bridgehead atoms. The number of nitrogens with zero attached hydrogens (tertiary/aromatic N) is 10. The molecule has 1 atom stereocenters. The molecule has 4 aromatic rings. The quantitative estimate of drug-likeness (QED) is 0.184. The summed E-state index contributed by atoms with van der Waals surface area (Å²) in [6.45, 7) is 11.3. The van der Waals surface area contributed by atoms with Crippen molar-refractivity contribution in [3.8, 4) is 28.8 Å². The molecule has 0 unspecified atom stereocenters. The molecule has 270 valence electrons. The maximum Gasteiger partial charge on any atom is 0.303 e. The molecular weight excluding hydrogens is 654 g/mol. The molecule has 2 fully saturated rings. The summed E-state index contributed by atoms with van der Waals surface area (Å²) in [5.74, 6) is 0.920. The second kappa shape index (κ2) is 16.3. The van der Waals surface area contributed by atoms with Crippen LogP contribution in [0.1, 0.15) is 71.4 Å². The third-order valence-corrected chi connectivity index (χ3v) is 9.16.